The molecule has 0 radical (unpaired) electrons. The summed E-state index contributed by atoms with van der Waals surface area (Å²) in [6.45, 7) is 0. The fourth-order valence-electron chi connectivity index (χ4n) is 4.55. The second-order valence-corrected chi connectivity index (χ2v) is 9.26. The van der Waals surface area contributed by atoms with Crippen molar-refractivity contribution in [3.63, 3.8) is 0 Å². The molecule has 2 heterocycles. The number of para-hydroxylation sites is 2. The Hall–Kier alpha value is -3.79. The van der Waals surface area contributed by atoms with Crippen molar-refractivity contribution in [1.29, 1.82) is 0 Å². The van der Waals surface area contributed by atoms with E-state index < -0.39 is 6.10 Å². The van der Waals surface area contributed by atoms with E-state index in [0.717, 1.165) is 39.3 Å². The lowest BCUT2D eigenvalue weighted by molar-refractivity contribution is 0.243. The lowest BCUT2D eigenvalue weighted by atomic mass is 9.86. The molecule has 0 saturated heterocycles. The third-order valence-electron chi connectivity index (χ3n) is 6.22. The van der Waals surface area contributed by atoms with Crippen LogP contribution in [0.1, 0.15) is 17.2 Å². The number of pyridine rings is 1. The monoisotopic (exact) mass is 495 g/mol. The molecule has 1 aliphatic heterocycles. The molecule has 6 rings (SSSR count). The first-order valence-electron chi connectivity index (χ1n) is 11.2. The molecule has 35 heavy (non-hydrogen) atoms. The molecule has 4 aromatic carbocycles. The van der Waals surface area contributed by atoms with Gasteiger partial charge in [0.2, 0.25) is 0 Å². The van der Waals surface area contributed by atoms with Gasteiger partial charge in [-0.05, 0) is 71.3 Å². The van der Waals surface area contributed by atoms with Crippen LogP contribution in [0.4, 0.5) is 0 Å². The maximum Gasteiger partial charge on any atom is 0.152 e. The van der Waals surface area contributed by atoms with Gasteiger partial charge in [-0.1, -0.05) is 71.7 Å². The van der Waals surface area contributed by atoms with Gasteiger partial charge in [0, 0.05) is 26.7 Å². The van der Waals surface area contributed by atoms with Crippen LogP contribution in [0, 0.1) is 0 Å². The average molecular weight is 496 g/mol. The Morgan fingerprint density at radius 1 is 0.686 bits per heavy atom. The molecule has 1 aliphatic rings. The fourth-order valence-corrected chi connectivity index (χ4v) is 4.80. The first-order valence-corrected chi connectivity index (χ1v) is 11.9. The number of benzene rings is 4. The number of aromatic hydroxyl groups is 1. The zero-order valence-corrected chi connectivity index (χ0v) is 20.0. The second-order valence-electron chi connectivity index (χ2n) is 8.39. The number of phenols is 1. The highest BCUT2D eigenvalue weighted by Crippen LogP contribution is 2.49. The van der Waals surface area contributed by atoms with Crippen molar-refractivity contribution in [3.05, 3.63) is 124 Å². The molecule has 0 spiro atoms. The zero-order valence-electron chi connectivity index (χ0n) is 18.5. The Bertz CT molecular complexity index is 1550. The normalized spacial score (nSPS) is 14.1. The van der Waals surface area contributed by atoms with E-state index in [4.69, 9.17) is 32.9 Å². The minimum absolute atomic E-state index is 0.177. The summed E-state index contributed by atoms with van der Waals surface area (Å²) in [5, 5.41) is 11.9. The number of hydrogen-bond acceptors (Lipinski definition) is 3. The van der Waals surface area contributed by atoms with Crippen molar-refractivity contribution >= 4 is 23.2 Å². The van der Waals surface area contributed by atoms with Crippen molar-refractivity contribution in [2.24, 2.45) is 0 Å². The van der Waals surface area contributed by atoms with Gasteiger partial charge in [0.15, 0.2) is 6.10 Å². The molecule has 0 bridgehead atoms. The first kappa shape index (κ1) is 21.7. The number of hydrogen-bond donors (Lipinski definition) is 1. The summed E-state index contributed by atoms with van der Waals surface area (Å²) >= 11 is 12.4. The smallest absolute Gasteiger partial charge is 0.152 e. The quantitative estimate of drug-likeness (QED) is 0.272. The molecule has 0 saturated carbocycles. The van der Waals surface area contributed by atoms with Crippen LogP contribution in [0.5, 0.6) is 11.5 Å². The highest BCUT2D eigenvalue weighted by atomic mass is 35.5. The third-order valence-corrected chi connectivity index (χ3v) is 6.72. The van der Waals surface area contributed by atoms with Crippen LogP contribution >= 0.6 is 23.2 Å². The molecule has 1 unspecified atom stereocenters. The highest BCUT2D eigenvalue weighted by molar-refractivity contribution is 6.30. The summed E-state index contributed by atoms with van der Waals surface area (Å²) in [6, 6.07) is 32.6. The SMILES string of the molecule is Oc1ccccc1-c1cc(-c2ccc(Cl)cc2)c2c(n1)-c1ccccc1OC2c1ccc(Cl)cc1. The lowest BCUT2D eigenvalue weighted by Crippen LogP contribution is -2.18. The van der Waals surface area contributed by atoms with Crippen molar-refractivity contribution in [2.75, 3.05) is 0 Å². The predicted octanol–water partition coefficient (Wildman–Crippen LogP) is 8.58. The van der Waals surface area contributed by atoms with Crippen LogP contribution < -0.4 is 4.74 Å². The molecular weight excluding hydrogens is 477 g/mol. The van der Waals surface area contributed by atoms with Crippen molar-refractivity contribution in [1.82, 2.24) is 4.98 Å². The molecule has 1 atom stereocenters. The molecule has 1 aromatic heterocycles. The van der Waals surface area contributed by atoms with Crippen LogP contribution in [-0.4, -0.2) is 10.1 Å². The molecule has 1 N–H and O–H groups in total. The maximum atomic E-state index is 10.6. The van der Waals surface area contributed by atoms with Gasteiger partial charge in [-0.2, -0.15) is 0 Å². The van der Waals surface area contributed by atoms with Gasteiger partial charge in [0.05, 0.1) is 11.4 Å². The largest absolute Gasteiger partial charge is 0.507 e. The van der Waals surface area contributed by atoms with Gasteiger partial charge in [-0.3, -0.25) is 0 Å². The zero-order chi connectivity index (χ0) is 23.9. The van der Waals surface area contributed by atoms with Gasteiger partial charge < -0.3 is 9.84 Å². The number of halogens is 2. The Balaban J connectivity index is 1.69. The Morgan fingerprint density at radius 3 is 2.03 bits per heavy atom. The van der Waals surface area contributed by atoms with E-state index in [2.05, 4.69) is 0 Å². The number of aromatic nitrogens is 1. The Morgan fingerprint density at radius 2 is 1.31 bits per heavy atom. The van der Waals surface area contributed by atoms with Crippen LogP contribution in [0.2, 0.25) is 10.0 Å². The van der Waals surface area contributed by atoms with Crippen LogP contribution in [0.15, 0.2) is 103 Å². The van der Waals surface area contributed by atoms with Crippen LogP contribution in [0.25, 0.3) is 33.6 Å². The minimum atomic E-state index is -0.395. The predicted molar refractivity (Wildman–Crippen MR) is 141 cm³/mol. The maximum absolute atomic E-state index is 10.6. The Labute approximate surface area is 213 Å². The Kier molecular flexibility index (Phi) is 5.44. The van der Waals surface area contributed by atoms with Crippen LogP contribution in [-0.2, 0) is 0 Å². The molecule has 0 fully saturated rings. The average Bonchev–Trinajstić information content (AvgIpc) is 2.89. The van der Waals surface area contributed by atoms with E-state index in [9.17, 15) is 5.11 Å². The summed E-state index contributed by atoms with van der Waals surface area (Å²) in [5.41, 5.74) is 6.92. The number of nitrogens with zero attached hydrogens (tertiary/aromatic N) is 1. The summed E-state index contributed by atoms with van der Waals surface area (Å²) in [5.74, 6) is 0.931. The standard InChI is InChI=1S/C30H19Cl2NO2/c31-20-13-9-18(10-14-20)24-17-25(22-5-1-3-7-26(22)34)33-29-23-6-2-4-8-27(23)35-30(28(24)29)19-11-15-21(32)16-12-19/h1-17,30,34H. The summed E-state index contributed by atoms with van der Waals surface area (Å²) in [6.07, 6.45) is -0.395. The first-order chi connectivity index (χ1) is 17.1. The third kappa shape index (κ3) is 3.93. The van der Waals surface area contributed by atoms with E-state index in [1.54, 1.807) is 12.1 Å². The van der Waals surface area contributed by atoms with E-state index in [1.165, 1.54) is 0 Å². The number of phenolic OH excluding ortho intramolecular Hbond substituents is 1. The van der Waals surface area contributed by atoms with E-state index >= 15 is 0 Å². The van der Waals surface area contributed by atoms with Gasteiger partial charge in [0.25, 0.3) is 0 Å². The molecular formula is C30H19Cl2NO2. The van der Waals surface area contributed by atoms with Gasteiger partial charge in [-0.25, -0.2) is 4.98 Å². The number of rotatable bonds is 3. The topological polar surface area (TPSA) is 42.4 Å². The van der Waals surface area contributed by atoms with E-state index in [-0.39, 0.29) is 5.75 Å². The lowest BCUT2D eigenvalue weighted by Gasteiger charge is -2.31. The molecule has 0 aliphatic carbocycles. The summed E-state index contributed by atoms with van der Waals surface area (Å²) in [4.78, 5) is 5.09. The van der Waals surface area contributed by atoms with E-state index in [0.29, 0.717) is 21.3 Å². The molecule has 3 nitrogen and oxygen atoms in total. The van der Waals surface area contributed by atoms with Crippen molar-refractivity contribution < 1.29 is 9.84 Å². The molecule has 5 aromatic rings. The summed E-state index contributed by atoms with van der Waals surface area (Å²) in [7, 11) is 0. The second kappa shape index (κ2) is 8.77. The van der Waals surface area contributed by atoms with Gasteiger partial charge >= 0.3 is 0 Å². The van der Waals surface area contributed by atoms with Crippen molar-refractivity contribution in [3.8, 4) is 45.1 Å². The van der Waals surface area contributed by atoms with E-state index in [1.807, 2.05) is 91.0 Å². The van der Waals surface area contributed by atoms with Gasteiger partial charge in [-0.15, -0.1) is 0 Å². The minimum Gasteiger partial charge on any atom is -0.507 e. The van der Waals surface area contributed by atoms with Gasteiger partial charge in [0.1, 0.15) is 11.5 Å². The fraction of sp³-hybridized carbons (Fsp3) is 0.0333. The molecule has 0 amide bonds. The highest BCUT2D eigenvalue weighted by Gasteiger charge is 2.32. The molecule has 170 valence electrons. The van der Waals surface area contributed by atoms with Crippen LogP contribution in [0.3, 0.4) is 0 Å². The summed E-state index contributed by atoms with van der Waals surface area (Å²) < 4.78 is 6.58. The number of ether oxygens (including phenoxy) is 1. The van der Waals surface area contributed by atoms with Crippen molar-refractivity contribution in [2.45, 2.75) is 6.10 Å². The number of fused-ring (bicyclic) bond motifs is 3. The molecule has 5 heteroatoms.